The number of allylic oxidation sites excluding steroid dienone is 2. The van der Waals surface area contributed by atoms with E-state index in [1.165, 1.54) is 6.42 Å². The SMILES string of the molecule is Cc1ccc(Cl)cc1NC(=S)N(Cc1ccc2c(c1)OCO2)CC1CC=CCC1. The van der Waals surface area contributed by atoms with Crippen molar-refractivity contribution in [2.24, 2.45) is 5.92 Å². The molecular formula is C23H25ClN2O2S. The van der Waals surface area contributed by atoms with Crippen LogP contribution in [-0.2, 0) is 6.54 Å². The number of fused-ring (bicyclic) bond motifs is 1. The van der Waals surface area contributed by atoms with Crippen molar-refractivity contribution in [2.45, 2.75) is 32.7 Å². The van der Waals surface area contributed by atoms with Gasteiger partial charge in [-0.15, -0.1) is 0 Å². The molecule has 1 N–H and O–H groups in total. The zero-order valence-electron chi connectivity index (χ0n) is 16.5. The van der Waals surface area contributed by atoms with Crippen molar-refractivity contribution in [3.63, 3.8) is 0 Å². The molecule has 1 unspecified atom stereocenters. The van der Waals surface area contributed by atoms with Crippen LogP contribution in [-0.4, -0.2) is 23.4 Å². The second kappa shape index (κ2) is 9.06. The van der Waals surface area contributed by atoms with E-state index in [0.717, 1.165) is 47.7 Å². The molecule has 1 aliphatic carbocycles. The molecule has 152 valence electrons. The summed E-state index contributed by atoms with van der Waals surface area (Å²) in [5.74, 6) is 2.19. The fourth-order valence-corrected chi connectivity index (χ4v) is 4.16. The molecule has 1 heterocycles. The van der Waals surface area contributed by atoms with E-state index in [-0.39, 0.29) is 6.79 Å². The van der Waals surface area contributed by atoms with Gasteiger partial charge >= 0.3 is 0 Å². The Morgan fingerprint density at radius 1 is 1.17 bits per heavy atom. The molecule has 2 aromatic rings. The average molecular weight is 429 g/mol. The third-order valence-corrected chi connectivity index (χ3v) is 5.99. The molecule has 1 atom stereocenters. The fourth-order valence-electron chi connectivity index (χ4n) is 3.74. The second-order valence-corrected chi connectivity index (χ2v) is 8.43. The van der Waals surface area contributed by atoms with Gasteiger partial charge in [0.25, 0.3) is 0 Å². The van der Waals surface area contributed by atoms with Gasteiger partial charge in [-0.3, -0.25) is 0 Å². The van der Waals surface area contributed by atoms with Crippen molar-refractivity contribution in [1.82, 2.24) is 4.90 Å². The lowest BCUT2D eigenvalue weighted by Gasteiger charge is -2.31. The van der Waals surface area contributed by atoms with E-state index in [0.29, 0.717) is 22.6 Å². The van der Waals surface area contributed by atoms with Gasteiger partial charge in [0.1, 0.15) is 0 Å². The molecule has 2 aliphatic rings. The minimum Gasteiger partial charge on any atom is -0.454 e. The number of rotatable bonds is 5. The van der Waals surface area contributed by atoms with Crippen LogP contribution in [0.15, 0.2) is 48.6 Å². The van der Waals surface area contributed by atoms with Gasteiger partial charge in [-0.05, 0) is 79.7 Å². The van der Waals surface area contributed by atoms with E-state index in [2.05, 4.69) is 35.4 Å². The fraction of sp³-hybridized carbons (Fsp3) is 0.348. The molecule has 6 heteroatoms. The number of hydrogen-bond acceptors (Lipinski definition) is 3. The van der Waals surface area contributed by atoms with Gasteiger partial charge in [0.2, 0.25) is 6.79 Å². The van der Waals surface area contributed by atoms with Crippen molar-refractivity contribution < 1.29 is 9.47 Å². The van der Waals surface area contributed by atoms with E-state index in [1.54, 1.807) is 0 Å². The Labute approximate surface area is 182 Å². The number of benzene rings is 2. The van der Waals surface area contributed by atoms with E-state index in [1.807, 2.05) is 30.3 Å². The molecule has 0 fully saturated rings. The third kappa shape index (κ3) is 5.03. The average Bonchev–Trinajstić information content (AvgIpc) is 3.19. The van der Waals surface area contributed by atoms with E-state index >= 15 is 0 Å². The number of anilines is 1. The van der Waals surface area contributed by atoms with Crippen LogP contribution in [0.3, 0.4) is 0 Å². The predicted molar refractivity (Wildman–Crippen MR) is 122 cm³/mol. The first-order chi connectivity index (χ1) is 14.1. The van der Waals surface area contributed by atoms with Gasteiger partial charge in [-0.2, -0.15) is 0 Å². The summed E-state index contributed by atoms with van der Waals surface area (Å²) in [6.45, 7) is 3.95. The number of ether oxygens (including phenoxy) is 2. The molecule has 0 amide bonds. The standard InChI is InChI=1S/C23H25ClN2O2S/c1-16-7-9-19(24)12-20(16)25-23(29)26(13-17-5-3-2-4-6-17)14-18-8-10-21-22(11-18)28-15-27-21/h2-3,7-12,17H,4-6,13-15H2,1H3,(H,25,29). The molecule has 2 aromatic carbocycles. The van der Waals surface area contributed by atoms with Crippen LogP contribution >= 0.6 is 23.8 Å². The Hall–Kier alpha value is -2.24. The molecule has 4 nitrogen and oxygen atoms in total. The molecule has 0 bridgehead atoms. The summed E-state index contributed by atoms with van der Waals surface area (Å²) < 4.78 is 11.0. The number of nitrogens with zero attached hydrogens (tertiary/aromatic N) is 1. The summed E-state index contributed by atoms with van der Waals surface area (Å²) in [6.07, 6.45) is 7.97. The first kappa shape index (κ1) is 20.0. The largest absolute Gasteiger partial charge is 0.454 e. The highest BCUT2D eigenvalue weighted by atomic mass is 35.5. The van der Waals surface area contributed by atoms with Crippen LogP contribution < -0.4 is 14.8 Å². The van der Waals surface area contributed by atoms with Gasteiger partial charge in [0.15, 0.2) is 16.6 Å². The minimum atomic E-state index is 0.283. The highest BCUT2D eigenvalue weighted by Crippen LogP contribution is 2.33. The molecule has 0 saturated carbocycles. The topological polar surface area (TPSA) is 33.7 Å². The summed E-state index contributed by atoms with van der Waals surface area (Å²) in [5, 5.41) is 4.82. The molecule has 4 rings (SSSR count). The van der Waals surface area contributed by atoms with Crippen molar-refractivity contribution >= 4 is 34.6 Å². The maximum absolute atomic E-state index is 6.19. The summed E-state index contributed by atoms with van der Waals surface area (Å²) in [6, 6.07) is 11.9. The zero-order chi connectivity index (χ0) is 20.2. The first-order valence-corrected chi connectivity index (χ1v) is 10.7. The lowest BCUT2D eigenvalue weighted by atomic mass is 9.94. The van der Waals surface area contributed by atoms with Crippen molar-refractivity contribution in [1.29, 1.82) is 0 Å². The zero-order valence-corrected chi connectivity index (χ0v) is 18.1. The summed E-state index contributed by atoms with van der Waals surface area (Å²) in [4.78, 5) is 2.25. The van der Waals surface area contributed by atoms with Gasteiger partial charge in [0.05, 0.1) is 0 Å². The van der Waals surface area contributed by atoms with Crippen molar-refractivity contribution in [2.75, 3.05) is 18.7 Å². The first-order valence-electron chi connectivity index (χ1n) is 9.94. The van der Waals surface area contributed by atoms with Crippen molar-refractivity contribution in [3.05, 3.63) is 64.7 Å². The van der Waals surface area contributed by atoms with Crippen LogP contribution in [0.25, 0.3) is 0 Å². The minimum absolute atomic E-state index is 0.283. The van der Waals surface area contributed by atoms with E-state index in [4.69, 9.17) is 33.3 Å². The molecular weight excluding hydrogens is 404 g/mol. The monoisotopic (exact) mass is 428 g/mol. The summed E-state index contributed by atoms with van der Waals surface area (Å²) in [7, 11) is 0. The molecule has 29 heavy (non-hydrogen) atoms. The van der Waals surface area contributed by atoms with Gasteiger partial charge in [-0.25, -0.2) is 0 Å². The van der Waals surface area contributed by atoms with Gasteiger partial charge in [-0.1, -0.05) is 35.9 Å². The molecule has 0 radical (unpaired) electrons. The third-order valence-electron chi connectivity index (χ3n) is 5.40. The Bertz CT molecular complexity index is 931. The van der Waals surface area contributed by atoms with Crippen LogP contribution in [0.1, 0.15) is 30.4 Å². The van der Waals surface area contributed by atoms with Crippen LogP contribution in [0.4, 0.5) is 5.69 Å². The maximum Gasteiger partial charge on any atom is 0.231 e. The van der Waals surface area contributed by atoms with Crippen LogP contribution in [0, 0.1) is 12.8 Å². The Morgan fingerprint density at radius 3 is 2.86 bits per heavy atom. The van der Waals surface area contributed by atoms with Gasteiger partial charge < -0.3 is 19.7 Å². The van der Waals surface area contributed by atoms with E-state index < -0.39 is 0 Å². The normalized spacial score (nSPS) is 17.2. The number of hydrogen-bond donors (Lipinski definition) is 1. The Kier molecular flexibility index (Phi) is 6.26. The summed E-state index contributed by atoms with van der Waals surface area (Å²) in [5.41, 5.74) is 3.20. The Balaban J connectivity index is 1.53. The molecule has 0 aromatic heterocycles. The molecule has 1 aliphatic heterocycles. The van der Waals surface area contributed by atoms with Crippen LogP contribution in [0.2, 0.25) is 5.02 Å². The lowest BCUT2D eigenvalue weighted by molar-refractivity contribution is 0.174. The second-order valence-electron chi connectivity index (χ2n) is 7.61. The number of nitrogens with one attached hydrogen (secondary N) is 1. The number of thiocarbonyl (C=S) groups is 1. The molecule has 0 saturated heterocycles. The predicted octanol–water partition coefficient (Wildman–Crippen LogP) is 5.93. The maximum atomic E-state index is 6.19. The lowest BCUT2D eigenvalue weighted by Crippen LogP contribution is -2.38. The highest BCUT2D eigenvalue weighted by molar-refractivity contribution is 7.80. The van der Waals surface area contributed by atoms with Crippen LogP contribution in [0.5, 0.6) is 11.5 Å². The Morgan fingerprint density at radius 2 is 2.03 bits per heavy atom. The number of aryl methyl sites for hydroxylation is 1. The van der Waals surface area contributed by atoms with Gasteiger partial charge in [0, 0.05) is 23.8 Å². The van der Waals surface area contributed by atoms with E-state index in [9.17, 15) is 0 Å². The highest BCUT2D eigenvalue weighted by Gasteiger charge is 2.20. The quantitative estimate of drug-likeness (QED) is 0.471. The molecule has 0 spiro atoms. The summed E-state index contributed by atoms with van der Waals surface area (Å²) >= 11 is 12.0. The smallest absolute Gasteiger partial charge is 0.231 e. The van der Waals surface area contributed by atoms with Crippen molar-refractivity contribution in [3.8, 4) is 11.5 Å². The number of halogens is 1.